The number of pyridine rings is 1. The minimum Gasteiger partial charge on any atom is -0.349 e. The highest BCUT2D eigenvalue weighted by atomic mass is 19.1. The van der Waals surface area contributed by atoms with E-state index >= 15 is 0 Å². The molecule has 0 spiro atoms. The molecule has 5 heteroatoms. The van der Waals surface area contributed by atoms with Crippen LogP contribution < -0.4 is 5.32 Å². The molecular formula is C16H17FN4. The molecule has 0 aliphatic rings. The third-order valence-electron chi connectivity index (χ3n) is 3.50. The maximum absolute atomic E-state index is 13.6. The molecule has 4 nitrogen and oxygen atoms in total. The molecular weight excluding hydrogens is 267 g/mol. The number of anilines is 1. The molecule has 0 saturated carbocycles. The number of benzene rings is 1. The lowest BCUT2D eigenvalue weighted by Gasteiger charge is -2.07. The van der Waals surface area contributed by atoms with Gasteiger partial charge in [0.1, 0.15) is 5.82 Å². The molecule has 1 N–H and O–H groups in total. The predicted molar refractivity (Wildman–Crippen MR) is 80.9 cm³/mol. The minimum absolute atomic E-state index is 0.139. The Labute approximate surface area is 122 Å². The average molecular weight is 284 g/mol. The van der Waals surface area contributed by atoms with Gasteiger partial charge in [-0.05, 0) is 49.1 Å². The first-order valence-electron chi connectivity index (χ1n) is 6.86. The number of aromatic nitrogens is 3. The fourth-order valence-corrected chi connectivity index (χ4v) is 2.43. The van der Waals surface area contributed by atoms with Crippen LogP contribution in [0, 0.1) is 26.6 Å². The molecule has 108 valence electrons. The SMILES string of the molecule is Cc1cc(CNc2nc3c(C)cccn3n2)cc(C)c1F. The Morgan fingerprint density at radius 1 is 1.14 bits per heavy atom. The Bertz CT molecular complexity index is 784. The molecule has 0 fully saturated rings. The monoisotopic (exact) mass is 284 g/mol. The first kappa shape index (κ1) is 13.5. The summed E-state index contributed by atoms with van der Waals surface area (Å²) in [5.41, 5.74) is 4.25. The van der Waals surface area contributed by atoms with Gasteiger partial charge in [0.2, 0.25) is 5.95 Å². The van der Waals surface area contributed by atoms with Gasteiger partial charge in [-0.2, -0.15) is 4.98 Å². The zero-order valence-corrected chi connectivity index (χ0v) is 12.3. The van der Waals surface area contributed by atoms with Gasteiger partial charge in [-0.25, -0.2) is 8.91 Å². The standard InChI is InChI=1S/C16H17FN4/c1-10-5-4-6-21-15(10)19-16(20-21)18-9-13-7-11(2)14(17)12(3)8-13/h4-8H,9H2,1-3H3,(H,18,20). The van der Waals surface area contributed by atoms with E-state index in [-0.39, 0.29) is 5.82 Å². The number of hydrogen-bond acceptors (Lipinski definition) is 3. The highest BCUT2D eigenvalue weighted by Crippen LogP contribution is 2.16. The molecule has 0 radical (unpaired) electrons. The van der Waals surface area contributed by atoms with Gasteiger partial charge in [0.05, 0.1) is 0 Å². The normalized spacial score (nSPS) is 11.0. The Morgan fingerprint density at radius 3 is 2.52 bits per heavy atom. The van der Waals surface area contributed by atoms with E-state index in [1.165, 1.54) is 0 Å². The van der Waals surface area contributed by atoms with Crippen molar-refractivity contribution in [1.82, 2.24) is 14.6 Å². The summed E-state index contributed by atoms with van der Waals surface area (Å²) in [6, 6.07) is 7.63. The van der Waals surface area contributed by atoms with Crippen LogP contribution in [0.3, 0.4) is 0 Å². The van der Waals surface area contributed by atoms with E-state index in [0.717, 1.165) is 16.8 Å². The minimum atomic E-state index is -0.139. The number of nitrogens with zero attached hydrogens (tertiary/aromatic N) is 3. The Morgan fingerprint density at radius 2 is 1.86 bits per heavy atom. The lowest BCUT2D eigenvalue weighted by atomic mass is 10.1. The molecule has 2 heterocycles. The van der Waals surface area contributed by atoms with E-state index < -0.39 is 0 Å². The fraction of sp³-hybridized carbons (Fsp3) is 0.250. The summed E-state index contributed by atoms with van der Waals surface area (Å²) in [7, 11) is 0. The number of fused-ring (bicyclic) bond motifs is 1. The molecule has 0 bridgehead atoms. The highest BCUT2D eigenvalue weighted by Gasteiger charge is 2.07. The number of aryl methyl sites for hydroxylation is 3. The summed E-state index contributed by atoms with van der Waals surface area (Å²) < 4.78 is 15.4. The van der Waals surface area contributed by atoms with Crippen molar-refractivity contribution in [1.29, 1.82) is 0 Å². The van der Waals surface area contributed by atoms with E-state index in [9.17, 15) is 4.39 Å². The van der Waals surface area contributed by atoms with Gasteiger partial charge in [-0.1, -0.05) is 18.2 Å². The quantitative estimate of drug-likeness (QED) is 0.801. The van der Waals surface area contributed by atoms with E-state index in [0.29, 0.717) is 23.6 Å². The molecule has 0 atom stereocenters. The molecule has 0 aliphatic heterocycles. The van der Waals surface area contributed by atoms with Crippen molar-refractivity contribution in [2.24, 2.45) is 0 Å². The maximum Gasteiger partial charge on any atom is 0.243 e. The average Bonchev–Trinajstić information content (AvgIpc) is 2.87. The molecule has 1 aromatic carbocycles. The van der Waals surface area contributed by atoms with Gasteiger partial charge in [-0.3, -0.25) is 0 Å². The molecule has 0 saturated heterocycles. The number of nitrogens with one attached hydrogen (secondary N) is 1. The first-order chi connectivity index (χ1) is 10.0. The Kier molecular flexibility index (Phi) is 3.33. The van der Waals surface area contributed by atoms with Crippen molar-refractivity contribution in [3.8, 4) is 0 Å². The second kappa shape index (κ2) is 5.16. The second-order valence-corrected chi connectivity index (χ2v) is 5.29. The zero-order chi connectivity index (χ0) is 15.0. The van der Waals surface area contributed by atoms with E-state index in [2.05, 4.69) is 15.4 Å². The van der Waals surface area contributed by atoms with Gasteiger partial charge in [0.15, 0.2) is 5.65 Å². The number of halogens is 1. The summed E-state index contributed by atoms with van der Waals surface area (Å²) in [5, 5.41) is 7.56. The van der Waals surface area contributed by atoms with Crippen LogP contribution in [0.5, 0.6) is 0 Å². The molecule has 21 heavy (non-hydrogen) atoms. The largest absolute Gasteiger partial charge is 0.349 e. The summed E-state index contributed by atoms with van der Waals surface area (Å²) in [4.78, 5) is 4.46. The van der Waals surface area contributed by atoms with Gasteiger partial charge >= 0.3 is 0 Å². The highest BCUT2D eigenvalue weighted by molar-refractivity contribution is 5.50. The van der Waals surface area contributed by atoms with Crippen LogP contribution in [0.15, 0.2) is 30.5 Å². The van der Waals surface area contributed by atoms with E-state index in [4.69, 9.17) is 0 Å². The van der Waals surface area contributed by atoms with Gasteiger partial charge in [0.25, 0.3) is 0 Å². The van der Waals surface area contributed by atoms with Crippen LogP contribution in [-0.4, -0.2) is 14.6 Å². The van der Waals surface area contributed by atoms with Crippen molar-refractivity contribution in [2.45, 2.75) is 27.3 Å². The van der Waals surface area contributed by atoms with Crippen molar-refractivity contribution in [2.75, 3.05) is 5.32 Å². The summed E-state index contributed by atoms with van der Waals surface area (Å²) in [5.74, 6) is 0.434. The van der Waals surface area contributed by atoms with E-state index in [1.807, 2.05) is 37.4 Å². The third kappa shape index (κ3) is 2.59. The van der Waals surface area contributed by atoms with Crippen LogP contribution in [0.2, 0.25) is 0 Å². The van der Waals surface area contributed by atoms with E-state index in [1.54, 1.807) is 18.4 Å². The van der Waals surface area contributed by atoms with Crippen molar-refractivity contribution >= 4 is 11.6 Å². The molecule has 3 aromatic rings. The summed E-state index contributed by atoms with van der Waals surface area (Å²) in [6.45, 7) is 6.12. The first-order valence-corrected chi connectivity index (χ1v) is 6.86. The van der Waals surface area contributed by atoms with Crippen LogP contribution in [0.1, 0.15) is 22.3 Å². The van der Waals surface area contributed by atoms with Crippen LogP contribution >= 0.6 is 0 Å². The van der Waals surface area contributed by atoms with Crippen LogP contribution in [0.25, 0.3) is 5.65 Å². The molecule has 3 rings (SSSR count). The lowest BCUT2D eigenvalue weighted by molar-refractivity contribution is 0.608. The fourth-order valence-electron chi connectivity index (χ4n) is 2.43. The zero-order valence-electron chi connectivity index (χ0n) is 12.3. The number of hydrogen-bond donors (Lipinski definition) is 1. The smallest absolute Gasteiger partial charge is 0.243 e. The Balaban J connectivity index is 1.82. The molecule has 0 aliphatic carbocycles. The predicted octanol–water partition coefficient (Wildman–Crippen LogP) is 3.41. The van der Waals surface area contributed by atoms with Crippen molar-refractivity contribution < 1.29 is 4.39 Å². The number of rotatable bonds is 3. The van der Waals surface area contributed by atoms with Crippen molar-refractivity contribution in [3.05, 3.63) is 58.5 Å². The second-order valence-electron chi connectivity index (χ2n) is 5.29. The topological polar surface area (TPSA) is 42.2 Å². The molecule has 0 unspecified atom stereocenters. The van der Waals surface area contributed by atoms with Crippen molar-refractivity contribution in [3.63, 3.8) is 0 Å². The Hall–Kier alpha value is -2.43. The third-order valence-corrected chi connectivity index (χ3v) is 3.50. The maximum atomic E-state index is 13.6. The van der Waals surface area contributed by atoms with Gasteiger partial charge in [0, 0.05) is 12.7 Å². The molecule has 2 aromatic heterocycles. The van der Waals surface area contributed by atoms with Crippen LogP contribution in [0.4, 0.5) is 10.3 Å². The molecule has 0 amide bonds. The summed E-state index contributed by atoms with van der Waals surface area (Å²) >= 11 is 0. The summed E-state index contributed by atoms with van der Waals surface area (Å²) in [6.07, 6.45) is 1.87. The lowest BCUT2D eigenvalue weighted by Crippen LogP contribution is -2.03. The van der Waals surface area contributed by atoms with Crippen LogP contribution in [-0.2, 0) is 6.54 Å². The van der Waals surface area contributed by atoms with Gasteiger partial charge < -0.3 is 5.32 Å². The van der Waals surface area contributed by atoms with Gasteiger partial charge in [-0.15, -0.1) is 5.10 Å².